The van der Waals surface area contributed by atoms with Crippen LogP contribution in [0.3, 0.4) is 0 Å². The molecule has 0 aromatic carbocycles. The second-order valence-electron chi connectivity index (χ2n) is 5.98. The first-order valence-electron chi connectivity index (χ1n) is 7.54. The van der Waals surface area contributed by atoms with E-state index < -0.39 is 0 Å². The molecule has 1 fully saturated rings. The molecule has 2 unspecified atom stereocenters. The fourth-order valence-corrected chi connectivity index (χ4v) is 3.39. The molecule has 1 aromatic rings. The van der Waals surface area contributed by atoms with Crippen molar-refractivity contribution < 1.29 is 5.11 Å². The first-order valence-corrected chi connectivity index (χ1v) is 7.54. The zero-order valence-corrected chi connectivity index (χ0v) is 11.8. The molecule has 106 valence electrons. The lowest BCUT2D eigenvalue weighted by Gasteiger charge is -2.22. The van der Waals surface area contributed by atoms with Crippen LogP contribution in [0.2, 0.25) is 0 Å². The summed E-state index contributed by atoms with van der Waals surface area (Å²) >= 11 is 0. The van der Waals surface area contributed by atoms with E-state index in [4.69, 9.17) is 0 Å². The standard InChI is InChI=1S/C14H24N4O/c1-2-17-5-3-11(9-17)7-13-15-16-14-8-12(10-19)4-6-18(13)14/h11-12,19H,2-10H2,1H3. The third kappa shape index (κ3) is 2.67. The molecule has 0 amide bonds. The minimum atomic E-state index is 0.274. The van der Waals surface area contributed by atoms with Crippen LogP contribution >= 0.6 is 0 Å². The van der Waals surface area contributed by atoms with Crippen LogP contribution in [0.4, 0.5) is 0 Å². The highest BCUT2D eigenvalue weighted by molar-refractivity contribution is 5.02. The van der Waals surface area contributed by atoms with Crippen molar-refractivity contribution in [2.75, 3.05) is 26.2 Å². The zero-order chi connectivity index (χ0) is 13.2. The molecule has 5 heteroatoms. The normalized spacial score (nSPS) is 27.7. The number of likely N-dealkylation sites (tertiary alicyclic amines) is 1. The fourth-order valence-electron chi connectivity index (χ4n) is 3.39. The summed E-state index contributed by atoms with van der Waals surface area (Å²) in [5, 5.41) is 18.0. The van der Waals surface area contributed by atoms with Gasteiger partial charge in [-0.15, -0.1) is 10.2 Å². The molecule has 1 aromatic heterocycles. The van der Waals surface area contributed by atoms with E-state index in [0.29, 0.717) is 5.92 Å². The Morgan fingerprint density at radius 2 is 2.05 bits per heavy atom. The molecule has 1 N–H and O–H groups in total. The van der Waals surface area contributed by atoms with Gasteiger partial charge in [-0.05, 0) is 37.8 Å². The van der Waals surface area contributed by atoms with Crippen molar-refractivity contribution in [1.82, 2.24) is 19.7 Å². The van der Waals surface area contributed by atoms with Crippen LogP contribution in [0.1, 0.15) is 31.4 Å². The maximum absolute atomic E-state index is 9.25. The average Bonchev–Trinajstić information content (AvgIpc) is 3.06. The maximum atomic E-state index is 9.25. The molecule has 1 saturated heterocycles. The molecule has 2 atom stereocenters. The summed E-state index contributed by atoms with van der Waals surface area (Å²) in [6, 6.07) is 0. The van der Waals surface area contributed by atoms with E-state index in [0.717, 1.165) is 49.9 Å². The molecular weight excluding hydrogens is 240 g/mol. The van der Waals surface area contributed by atoms with Gasteiger partial charge in [-0.2, -0.15) is 0 Å². The van der Waals surface area contributed by atoms with Gasteiger partial charge >= 0.3 is 0 Å². The molecule has 0 radical (unpaired) electrons. The van der Waals surface area contributed by atoms with Gasteiger partial charge in [0, 0.05) is 32.5 Å². The van der Waals surface area contributed by atoms with Crippen LogP contribution in [0, 0.1) is 11.8 Å². The van der Waals surface area contributed by atoms with Crippen LogP contribution in [0.5, 0.6) is 0 Å². The Kier molecular flexibility index (Phi) is 3.84. The van der Waals surface area contributed by atoms with E-state index >= 15 is 0 Å². The summed E-state index contributed by atoms with van der Waals surface area (Å²) in [5.41, 5.74) is 0. The lowest BCUT2D eigenvalue weighted by molar-refractivity contribution is 0.198. The van der Waals surface area contributed by atoms with Gasteiger partial charge in [0.1, 0.15) is 11.6 Å². The van der Waals surface area contributed by atoms with Crippen molar-refractivity contribution in [3.8, 4) is 0 Å². The van der Waals surface area contributed by atoms with E-state index in [-0.39, 0.29) is 6.61 Å². The highest BCUT2D eigenvalue weighted by Crippen LogP contribution is 2.24. The van der Waals surface area contributed by atoms with Gasteiger partial charge in [0.15, 0.2) is 0 Å². The Balaban J connectivity index is 1.65. The molecule has 0 spiro atoms. The van der Waals surface area contributed by atoms with Gasteiger partial charge in [0.25, 0.3) is 0 Å². The SMILES string of the molecule is CCN1CCC(Cc2nnc3n2CCC(CO)C3)C1. The van der Waals surface area contributed by atoms with E-state index in [1.807, 2.05) is 0 Å². The van der Waals surface area contributed by atoms with E-state index in [9.17, 15) is 5.11 Å². The summed E-state index contributed by atoms with van der Waals surface area (Å²) in [6.45, 7) is 7.08. The van der Waals surface area contributed by atoms with Gasteiger partial charge in [-0.3, -0.25) is 0 Å². The van der Waals surface area contributed by atoms with Crippen LogP contribution in [0.15, 0.2) is 0 Å². The smallest absolute Gasteiger partial charge is 0.133 e. The molecule has 19 heavy (non-hydrogen) atoms. The number of nitrogens with zero attached hydrogens (tertiary/aromatic N) is 4. The van der Waals surface area contributed by atoms with Crippen LogP contribution in [0.25, 0.3) is 0 Å². The van der Waals surface area contributed by atoms with Crippen molar-refractivity contribution in [1.29, 1.82) is 0 Å². The van der Waals surface area contributed by atoms with Crippen molar-refractivity contribution in [2.24, 2.45) is 11.8 Å². The van der Waals surface area contributed by atoms with Crippen molar-refractivity contribution in [3.63, 3.8) is 0 Å². The Bertz CT molecular complexity index is 431. The Labute approximate surface area is 114 Å². The Morgan fingerprint density at radius 1 is 1.21 bits per heavy atom. The van der Waals surface area contributed by atoms with Crippen molar-refractivity contribution in [3.05, 3.63) is 11.6 Å². The van der Waals surface area contributed by atoms with E-state index in [1.54, 1.807) is 0 Å². The predicted molar refractivity (Wildman–Crippen MR) is 72.8 cm³/mol. The molecule has 3 heterocycles. The number of hydrogen-bond acceptors (Lipinski definition) is 4. The lowest BCUT2D eigenvalue weighted by Crippen LogP contribution is -2.24. The van der Waals surface area contributed by atoms with E-state index in [1.165, 1.54) is 19.5 Å². The Morgan fingerprint density at radius 3 is 2.79 bits per heavy atom. The first-order chi connectivity index (χ1) is 9.30. The van der Waals surface area contributed by atoms with Gasteiger partial charge in [-0.25, -0.2) is 0 Å². The molecular formula is C14H24N4O. The second kappa shape index (κ2) is 5.59. The monoisotopic (exact) mass is 264 g/mol. The predicted octanol–water partition coefficient (Wildman–Crippen LogP) is 0.717. The topological polar surface area (TPSA) is 54.2 Å². The van der Waals surface area contributed by atoms with Gasteiger partial charge in [0.05, 0.1) is 0 Å². The number of hydrogen-bond donors (Lipinski definition) is 1. The molecule has 0 bridgehead atoms. The molecule has 5 nitrogen and oxygen atoms in total. The maximum Gasteiger partial charge on any atom is 0.133 e. The quantitative estimate of drug-likeness (QED) is 0.870. The highest BCUT2D eigenvalue weighted by atomic mass is 16.3. The molecule has 2 aliphatic heterocycles. The highest BCUT2D eigenvalue weighted by Gasteiger charge is 2.26. The summed E-state index contributed by atoms with van der Waals surface area (Å²) < 4.78 is 2.29. The fraction of sp³-hybridized carbons (Fsp3) is 0.857. The first kappa shape index (κ1) is 13.1. The number of rotatable bonds is 4. The summed E-state index contributed by atoms with van der Waals surface area (Å²) in [5.74, 6) is 3.36. The van der Waals surface area contributed by atoms with Crippen LogP contribution in [-0.2, 0) is 19.4 Å². The summed E-state index contributed by atoms with van der Waals surface area (Å²) in [6.07, 6.45) is 4.29. The largest absolute Gasteiger partial charge is 0.396 e. The second-order valence-corrected chi connectivity index (χ2v) is 5.98. The Hall–Kier alpha value is -0.940. The van der Waals surface area contributed by atoms with E-state index in [2.05, 4.69) is 26.6 Å². The third-order valence-electron chi connectivity index (χ3n) is 4.68. The summed E-state index contributed by atoms with van der Waals surface area (Å²) in [7, 11) is 0. The minimum Gasteiger partial charge on any atom is -0.396 e. The lowest BCUT2D eigenvalue weighted by atomic mass is 9.98. The van der Waals surface area contributed by atoms with Crippen LogP contribution < -0.4 is 0 Å². The van der Waals surface area contributed by atoms with Crippen molar-refractivity contribution >= 4 is 0 Å². The molecule has 2 aliphatic rings. The number of aliphatic hydroxyl groups excluding tert-OH is 1. The molecule has 3 rings (SSSR count). The van der Waals surface area contributed by atoms with Gasteiger partial charge in [-0.1, -0.05) is 6.92 Å². The van der Waals surface area contributed by atoms with Gasteiger partial charge < -0.3 is 14.6 Å². The summed E-state index contributed by atoms with van der Waals surface area (Å²) in [4.78, 5) is 2.51. The van der Waals surface area contributed by atoms with Crippen molar-refractivity contribution in [2.45, 2.75) is 39.2 Å². The number of aromatic nitrogens is 3. The zero-order valence-electron chi connectivity index (χ0n) is 11.8. The molecule has 0 saturated carbocycles. The number of aliphatic hydroxyl groups is 1. The third-order valence-corrected chi connectivity index (χ3v) is 4.68. The average molecular weight is 264 g/mol. The molecule has 0 aliphatic carbocycles. The van der Waals surface area contributed by atoms with Crippen LogP contribution in [-0.4, -0.2) is 51.0 Å². The van der Waals surface area contributed by atoms with Gasteiger partial charge in [0.2, 0.25) is 0 Å². The number of fused-ring (bicyclic) bond motifs is 1. The minimum absolute atomic E-state index is 0.274.